The van der Waals surface area contributed by atoms with Crippen molar-refractivity contribution in [2.75, 3.05) is 51.8 Å². The third-order valence-corrected chi connectivity index (χ3v) is 3.03. The van der Waals surface area contributed by atoms with E-state index in [1.165, 1.54) is 0 Å². The molecule has 19 heavy (non-hydrogen) atoms. The van der Waals surface area contributed by atoms with Crippen molar-refractivity contribution < 1.29 is 9.53 Å². The molecule has 7 nitrogen and oxygen atoms in total. The number of likely N-dealkylation sites (N-methyl/N-ethyl adjacent to an activating group) is 1. The monoisotopic (exact) mass is 265 g/mol. The van der Waals surface area contributed by atoms with Gasteiger partial charge in [-0.3, -0.25) is 4.79 Å². The van der Waals surface area contributed by atoms with E-state index in [4.69, 9.17) is 4.74 Å². The molecule has 1 amide bonds. The molecule has 2 rings (SSSR count). The van der Waals surface area contributed by atoms with Crippen molar-refractivity contribution in [3.05, 3.63) is 12.4 Å². The summed E-state index contributed by atoms with van der Waals surface area (Å²) in [6, 6.07) is 0. The van der Waals surface area contributed by atoms with Gasteiger partial charge in [0.15, 0.2) is 5.75 Å². The Morgan fingerprint density at radius 3 is 2.63 bits per heavy atom. The van der Waals surface area contributed by atoms with Gasteiger partial charge in [-0.2, -0.15) is 0 Å². The first-order chi connectivity index (χ1) is 9.20. The van der Waals surface area contributed by atoms with E-state index >= 15 is 0 Å². The van der Waals surface area contributed by atoms with Gasteiger partial charge in [-0.1, -0.05) is 0 Å². The second kappa shape index (κ2) is 6.33. The summed E-state index contributed by atoms with van der Waals surface area (Å²) in [7, 11) is 3.37. The number of carbonyl (C=O) groups excluding carboxylic acids is 1. The Labute approximate surface area is 112 Å². The molecule has 1 N–H and O–H groups in total. The predicted molar refractivity (Wildman–Crippen MR) is 71.3 cm³/mol. The Morgan fingerprint density at radius 1 is 1.42 bits per heavy atom. The van der Waals surface area contributed by atoms with E-state index in [9.17, 15) is 4.79 Å². The lowest BCUT2D eigenvalue weighted by molar-refractivity contribution is -0.130. The van der Waals surface area contributed by atoms with E-state index < -0.39 is 0 Å². The summed E-state index contributed by atoms with van der Waals surface area (Å²) < 4.78 is 5.00. The van der Waals surface area contributed by atoms with Crippen molar-refractivity contribution in [2.45, 2.75) is 0 Å². The summed E-state index contributed by atoms with van der Waals surface area (Å²) >= 11 is 0. The molecule has 1 aromatic heterocycles. The highest BCUT2D eigenvalue weighted by molar-refractivity contribution is 5.80. The molecule has 0 aromatic carbocycles. The molecule has 0 aliphatic carbocycles. The van der Waals surface area contributed by atoms with Crippen molar-refractivity contribution in [3.8, 4) is 5.75 Å². The number of aromatic nitrogens is 2. The fourth-order valence-electron chi connectivity index (χ4n) is 1.90. The lowest BCUT2D eigenvalue weighted by Crippen LogP contribution is -2.49. The summed E-state index contributed by atoms with van der Waals surface area (Å²) in [6.45, 7) is 3.52. The second-order valence-corrected chi connectivity index (χ2v) is 4.41. The van der Waals surface area contributed by atoms with E-state index in [0.29, 0.717) is 11.7 Å². The molecular formula is C12H19N5O2. The Balaban J connectivity index is 1.91. The van der Waals surface area contributed by atoms with Crippen molar-refractivity contribution in [1.29, 1.82) is 0 Å². The number of carbonyl (C=O) groups is 1. The van der Waals surface area contributed by atoms with Crippen molar-refractivity contribution in [3.63, 3.8) is 0 Å². The van der Waals surface area contributed by atoms with E-state index in [-0.39, 0.29) is 12.5 Å². The maximum absolute atomic E-state index is 12.1. The number of hydrogen-bond acceptors (Lipinski definition) is 6. The van der Waals surface area contributed by atoms with Crippen LogP contribution in [0.4, 0.5) is 5.95 Å². The highest BCUT2D eigenvalue weighted by Gasteiger charge is 2.18. The van der Waals surface area contributed by atoms with Gasteiger partial charge in [0.05, 0.1) is 26.0 Å². The molecule has 1 aliphatic heterocycles. The highest BCUT2D eigenvalue weighted by Crippen LogP contribution is 2.10. The first-order valence-corrected chi connectivity index (χ1v) is 6.26. The lowest BCUT2D eigenvalue weighted by atomic mass is 10.3. The number of anilines is 1. The number of nitrogens with zero attached hydrogens (tertiary/aromatic N) is 4. The van der Waals surface area contributed by atoms with Gasteiger partial charge in [0.1, 0.15) is 0 Å². The summed E-state index contributed by atoms with van der Waals surface area (Å²) in [6.07, 6.45) is 3.18. The third kappa shape index (κ3) is 3.54. The Bertz CT molecular complexity index is 417. The zero-order chi connectivity index (χ0) is 13.7. The van der Waals surface area contributed by atoms with Crippen LogP contribution in [0.15, 0.2) is 12.4 Å². The molecule has 0 unspecified atom stereocenters. The maximum atomic E-state index is 12.1. The molecule has 0 atom stereocenters. The number of rotatable bonds is 4. The minimum absolute atomic E-state index is 0.100. The molecule has 1 aromatic rings. The van der Waals surface area contributed by atoms with Crippen LogP contribution in [0.25, 0.3) is 0 Å². The van der Waals surface area contributed by atoms with Crippen LogP contribution in [-0.4, -0.2) is 67.7 Å². The third-order valence-electron chi connectivity index (χ3n) is 3.03. The van der Waals surface area contributed by atoms with E-state index in [1.807, 2.05) is 11.9 Å². The number of nitrogens with one attached hydrogen (secondary N) is 1. The highest BCUT2D eigenvalue weighted by atomic mass is 16.5. The van der Waals surface area contributed by atoms with Gasteiger partial charge in [0, 0.05) is 33.2 Å². The Kier molecular flexibility index (Phi) is 4.51. The molecular weight excluding hydrogens is 246 g/mol. The average molecular weight is 265 g/mol. The number of piperazine rings is 1. The first kappa shape index (κ1) is 13.5. The van der Waals surface area contributed by atoms with Gasteiger partial charge < -0.3 is 19.9 Å². The minimum atomic E-state index is 0.100. The first-order valence-electron chi connectivity index (χ1n) is 6.26. The fourth-order valence-corrected chi connectivity index (χ4v) is 1.90. The molecule has 1 saturated heterocycles. The largest absolute Gasteiger partial charge is 0.494 e. The molecule has 1 aliphatic rings. The molecule has 0 saturated carbocycles. The summed E-state index contributed by atoms with van der Waals surface area (Å²) in [5.74, 6) is 1.22. The smallest absolute Gasteiger partial charge is 0.242 e. The second-order valence-electron chi connectivity index (χ2n) is 4.41. The maximum Gasteiger partial charge on any atom is 0.242 e. The number of amides is 1. The van der Waals surface area contributed by atoms with Gasteiger partial charge >= 0.3 is 0 Å². The molecule has 0 spiro atoms. The quantitative estimate of drug-likeness (QED) is 0.780. The van der Waals surface area contributed by atoms with E-state index in [0.717, 1.165) is 26.2 Å². The van der Waals surface area contributed by atoms with Crippen molar-refractivity contribution in [1.82, 2.24) is 20.2 Å². The fraction of sp³-hybridized carbons (Fsp3) is 0.583. The summed E-state index contributed by atoms with van der Waals surface area (Å²) in [5.41, 5.74) is 0. The average Bonchev–Trinajstić information content (AvgIpc) is 2.48. The molecule has 2 heterocycles. The number of methoxy groups -OCH3 is 1. The Hall–Kier alpha value is -1.89. The van der Waals surface area contributed by atoms with Crippen LogP contribution in [0.5, 0.6) is 5.75 Å². The number of hydrogen-bond donors (Lipinski definition) is 1. The zero-order valence-corrected chi connectivity index (χ0v) is 11.3. The van der Waals surface area contributed by atoms with Crippen LogP contribution in [0.2, 0.25) is 0 Å². The standard InChI is InChI=1S/C12H19N5O2/c1-16(12-14-7-10(19-2)8-15-12)9-11(18)17-5-3-13-4-6-17/h7-8,13H,3-6,9H2,1-2H3. The SMILES string of the molecule is COc1cnc(N(C)CC(=O)N2CCNCC2)nc1. The Morgan fingerprint density at radius 2 is 2.05 bits per heavy atom. The van der Waals surface area contributed by atoms with Gasteiger partial charge in [-0.05, 0) is 0 Å². The predicted octanol–water partition coefficient (Wildman–Crippen LogP) is -0.647. The summed E-state index contributed by atoms with van der Waals surface area (Å²) in [5, 5.41) is 3.22. The van der Waals surface area contributed by atoms with Crippen LogP contribution in [0, 0.1) is 0 Å². The van der Waals surface area contributed by atoms with Crippen LogP contribution < -0.4 is 15.0 Å². The molecule has 7 heteroatoms. The minimum Gasteiger partial charge on any atom is -0.494 e. The van der Waals surface area contributed by atoms with Crippen LogP contribution in [-0.2, 0) is 4.79 Å². The summed E-state index contributed by atoms with van der Waals surface area (Å²) in [4.78, 5) is 24.0. The van der Waals surface area contributed by atoms with Gasteiger partial charge in [0.2, 0.25) is 11.9 Å². The van der Waals surface area contributed by atoms with E-state index in [1.54, 1.807) is 24.4 Å². The topological polar surface area (TPSA) is 70.6 Å². The van der Waals surface area contributed by atoms with Gasteiger partial charge in [-0.15, -0.1) is 0 Å². The normalized spacial score (nSPS) is 15.2. The molecule has 1 fully saturated rings. The van der Waals surface area contributed by atoms with E-state index in [2.05, 4.69) is 15.3 Å². The van der Waals surface area contributed by atoms with Gasteiger partial charge in [0.25, 0.3) is 0 Å². The molecule has 0 bridgehead atoms. The van der Waals surface area contributed by atoms with Crippen molar-refractivity contribution in [2.24, 2.45) is 0 Å². The zero-order valence-electron chi connectivity index (χ0n) is 11.3. The van der Waals surface area contributed by atoms with Crippen molar-refractivity contribution >= 4 is 11.9 Å². The van der Waals surface area contributed by atoms with Crippen LogP contribution in [0.3, 0.4) is 0 Å². The lowest BCUT2D eigenvalue weighted by Gasteiger charge is -2.29. The molecule has 104 valence electrons. The number of ether oxygens (including phenoxy) is 1. The van der Waals surface area contributed by atoms with Crippen LogP contribution in [0.1, 0.15) is 0 Å². The van der Waals surface area contributed by atoms with Gasteiger partial charge in [-0.25, -0.2) is 9.97 Å². The van der Waals surface area contributed by atoms with Crippen LogP contribution >= 0.6 is 0 Å². The molecule has 0 radical (unpaired) electrons.